The molecule has 0 N–H and O–H groups in total. The van der Waals surface area contributed by atoms with Crippen LogP contribution >= 0.6 is 12.4 Å². The fraction of sp³-hybridized carbons (Fsp3) is 0.818. The van der Waals surface area contributed by atoms with Crippen molar-refractivity contribution in [2.24, 2.45) is 11.8 Å². The molecule has 0 saturated carbocycles. The lowest BCUT2D eigenvalue weighted by Crippen LogP contribution is -2.48. The van der Waals surface area contributed by atoms with Gasteiger partial charge < -0.3 is 9.42 Å². The molecule has 3 aliphatic heterocycles. The van der Waals surface area contributed by atoms with Gasteiger partial charge in [0.1, 0.15) is 0 Å². The predicted molar refractivity (Wildman–Crippen MR) is 62.6 cm³/mol. The Morgan fingerprint density at radius 3 is 2.62 bits per heavy atom. The van der Waals surface area contributed by atoms with Gasteiger partial charge in [-0.05, 0) is 44.7 Å². The average Bonchev–Trinajstić information content (AvgIpc) is 2.66. The number of fused-ring (bicyclic) bond motifs is 3. The molecule has 0 spiro atoms. The molecule has 16 heavy (non-hydrogen) atoms. The van der Waals surface area contributed by atoms with Crippen LogP contribution in [0.1, 0.15) is 24.6 Å². The van der Waals surface area contributed by atoms with E-state index in [1.807, 2.05) is 6.92 Å². The van der Waals surface area contributed by atoms with Crippen LogP contribution in [-0.2, 0) is 6.42 Å². The summed E-state index contributed by atoms with van der Waals surface area (Å²) in [6, 6.07) is 0. The summed E-state index contributed by atoms with van der Waals surface area (Å²) in [4.78, 5) is 6.86. The molecule has 2 bridgehead atoms. The van der Waals surface area contributed by atoms with Crippen LogP contribution < -0.4 is 0 Å². The van der Waals surface area contributed by atoms with Gasteiger partial charge in [0.25, 0.3) is 0 Å². The summed E-state index contributed by atoms with van der Waals surface area (Å²) in [6.07, 6.45) is 3.69. The fourth-order valence-electron chi connectivity index (χ4n) is 2.97. The number of halogens is 1. The van der Waals surface area contributed by atoms with Crippen molar-refractivity contribution in [3.05, 3.63) is 11.7 Å². The molecule has 1 atom stereocenters. The van der Waals surface area contributed by atoms with Crippen molar-refractivity contribution < 1.29 is 4.52 Å². The summed E-state index contributed by atoms with van der Waals surface area (Å²) in [5.74, 6) is 3.21. The highest BCUT2D eigenvalue weighted by atomic mass is 35.5. The molecule has 5 heteroatoms. The number of hydrogen-bond acceptors (Lipinski definition) is 4. The monoisotopic (exact) mass is 243 g/mol. The third-order valence-electron chi connectivity index (χ3n) is 3.80. The van der Waals surface area contributed by atoms with Crippen molar-refractivity contribution >= 4 is 12.4 Å². The molecule has 1 unspecified atom stereocenters. The van der Waals surface area contributed by atoms with Crippen molar-refractivity contribution in [3.8, 4) is 0 Å². The first-order valence-corrected chi connectivity index (χ1v) is 5.83. The van der Waals surface area contributed by atoms with Crippen LogP contribution in [-0.4, -0.2) is 34.7 Å². The van der Waals surface area contributed by atoms with Crippen LogP contribution in [0.4, 0.5) is 0 Å². The zero-order valence-corrected chi connectivity index (χ0v) is 10.4. The molecule has 1 aromatic rings. The Kier molecular flexibility index (Phi) is 3.50. The number of rotatable bonds is 2. The van der Waals surface area contributed by atoms with Crippen LogP contribution in [0.25, 0.3) is 0 Å². The zero-order chi connectivity index (χ0) is 10.3. The molecule has 3 fully saturated rings. The van der Waals surface area contributed by atoms with Crippen molar-refractivity contribution in [1.29, 1.82) is 0 Å². The molecule has 0 radical (unpaired) electrons. The third kappa shape index (κ3) is 2.23. The van der Waals surface area contributed by atoms with Gasteiger partial charge >= 0.3 is 0 Å². The second-order valence-electron chi connectivity index (χ2n) is 4.84. The Bertz CT molecular complexity index is 347. The lowest BCUT2D eigenvalue weighted by atomic mass is 9.77. The molecule has 4 heterocycles. The minimum Gasteiger partial charge on any atom is -0.339 e. The van der Waals surface area contributed by atoms with E-state index in [0.29, 0.717) is 0 Å². The van der Waals surface area contributed by atoms with E-state index in [1.54, 1.807) is 0 Å². The highest BCUT2D eigenvalue weighted by molar-refractivity contribution is 5.85. The second kappa shape index (κ2) is 4.72. The molecule has 3 saturated heterocycles. The number of piperidine rings is 3. The number of hydrogen-bond donors (Lipinski definition) is 0. The quantitative estimate of drug-likeness (QED) is 0.793. The van der Waals surface area contributed by atoms with E-state index in [4.69, 9.17) is 4.52 Å². The van der Waals surface area contributed by atoms with Gasteiger partial charge in [-0.1, -0.05) is 5.16 Å². The van der Waals surface area contributed by atoms with Gasteiger partial charge in [0, 0.05) is 13.0 Å². The highest BCUT2D eigenvalue weighted by Crippen LogP contribution is 2.33. The third-order valence-corrected chi connectivity index (χ3v) is 3.80. The summed E-state index contributed by atoms with van der Waals surface area (Å²) in [5.41, 5.74) is 0. The largest absolute Gasteiger partial charge is 0.339 e. The Morgan fingerprint density at radius 2 is 2.12 bits per heavy atom. The molecule has 3 aliphatic rings. The first-order chi connectivity index (χ1) is 7.31. The fourth-order valence-corrected chi connectivity index (χ4v) is 2.97. The van der Waals surface area contributed by atoms with Crippen LogP contribution in [0, 0.1) is 18.8 Å². The Morgan fingerprint density at radius 1 is 1.38 bits per heavy atom. The normalized spacial score (nSPS) is 32.4. The summed E-state index contributed by atoms with van der Waals surface area (Å²) in [7, 11) is 0. The van der Waals surface area contributed by atoms with Crippen molar-refractivity contribution in [2.75, 3.05) is 19.6 Å². The van der Waals surface area contributed by atoms with E-state index >= 15 is 0 Å². The molecule has 0 amide bonds. The Labute approximate surface area is 102 Å². The Balaban J connectivity index is 0.000000963. The number of nitrogens with zero attached hydrogens (tertiary/aromatic N) is 3. The van der Waals surface area contributed by atoms with Crippen LogP contribution in [0.3, 0.4) is 0 Å². The predicted octanol–water partition coefficient (Wildman–Crippen LogP) is 1.68. The van der Waals surface area contributed by atoms with Gasteiger partial charge in [0.15, 0.2) is 5.82 Å². The van der Waals surface area contributed by atoms with E-state index in [0.717, 1.165) is 30.0 Å². The van der Waals surface area contributed by atoms with Crippen molar-refractivity contribution in [2.45, 2.75) is 26.2 Å². The maximum absolute atomic E-state index is 5.20. The maximum atomic E-state index is 5.20. The molecule has 0 aliphatic carbocycles. The first-order valence-electron chi connectivity index (χ1n) is 5.83. The van der Waals surface area contributed by atoms with E-state index < -0.39 is 0 Å². The Hall–Kier alpha value is -0.610. The smallest absolute Gasteiger partial charge is 0.226 e. The van der Waals surface area contributed by atoms with Crippen LogP contribution in [0.15, 0.2) is 4.52 Å². The van der Waals surface area contributed by atoms with Gasteiger partial charge in [-0.2, -0.15) is 4.98 Å². The van der Waals surface area contributed by atoms with Gasteiger partial charge in [-0.15, -0.1) is 12.4 Å². The lowest BCUT2D eigenvalue weighted by Gasteiger charge is -2.44. The second-order valence-corrected chi connectivity index (χ2v) is 4.84. The molecule has 90 valence electrons. The van der Waals surface area contributed by atoms with E-state index in [2.05, 4.69) is 15.0 Å². The van der Waals surface area contributed by atoms with Gasteiger partial charge in [-0.3, -0.25) is 0 Å². The molecular weight excluding hydrogens is 226 g/mol. The van der Waals surface area contributed by atoms with E-state index in [-0.39, 0.29) is 12.4 Å². The minimum absolute atomic E-state index is 0. The average molecular weight is 244 g/mol. The van der Waals surface area contributed by atoms with Crippen molar-refractivity contribution in [1.82, 2.24) is 15.0 Å². The van der Waals surface area contributed by atoms with Crippen molar-refractivity contribution in [3.63, 3.8) is 0 Å². The SMILES string of the molecule is Cc1noc(CC2CN3CCC2CC3)n1.Cl. The molecular formula is C11H18ClN3O. The molecule has 4 rings (SSSR count). The summed E-state index contributed by atoms with van der Waals surface area (Å²) in [5, 5.41) is 3.84. The van der Waals surface area contributed by atoms with E-state index in [9.17, 15) is 0 Å². The zero-order valence-electron chi connectivity index (χ0n) is 9.56. The molecule has 0 aromatic carbocycles. The van der Waals surface area contributed by atoms with Gasteiger partial charge in [0.05, 0.1) is 0 Å². The van der Waals surface area contributed by atoms with Crippen LogP contribution in [0.2, 0.25) is 0 Å². The van der Waals surface area contributed by atoms with Gasteiger partial charge in [-0.25, -0.2) is 0 Å². The minimum atomic E-state index is 0. The maximum Gasteiger partial charge on any atom is 0.226 e. The number of aromatic nitrogens is 2. The highest BCUT2D eigenvalue weighted by Gasteiger charge is 2.34. The van der Waals surface area contributed by atoms with E-state index in [1.165, 1.54) is 32.5 Å². The molecule has 1 aromatic heterocycles. The summed E-state index contributed by atoms with van der Waals surface area (Å²) in [6.45, 7) is 5.70. The molecule has 4 nitrogen and oxygen atoms in total. The lowest BCUT2D eigenvalue weighted by molar-refractivity contribution is 0.0473. The topological polar surface area (TPSA) is 42.2 Å². The van der Waals surface area contributed by atoms with Crippen LogP contribution in [0.5, 0.6) is 0 Å². The standard InChI is InChI=1S/C11H17N3O.ClH/c1-8-12-11(15-13-8)6-10-7-14-4-2-9(10)3-5-14;/h9-10H,2-7H2,1H3;1H. The first kappa shape index (κ1) is 11.9. The number of aryl methyl sites for hydroxylation is 1. The summed E-state index contributed by atoms with van der Waals surface area (Å²) < 4.78 is 5.20. The summed E-state index contributed by atoms with van der Waals surface area (Å²) >= 11 is 0. The van der Waals surface area contributed by atoms with Gasteiger partial charge in [0.2, 0.25) is 5.89 Å².